The van der Waals surface area contributed by atoms with Gasteiger partial charge in [-0.25, -0.2) is 5.43 Å². The number of benzene rings is 2. The second-order valence-electron chi connectivity index (χ2n) is 4.85. The van der Waals surface area contributed by atoms with Crippen molar-refractivity contribution in [3.8, 4) is 23.0 Å². The summed E-state index contributed by atoms with van der Waals surface area (Å²) in [4.78, 5) is 12.0. The average molecular weight is 314 g/mol. The maximum atomic E-state index is 12.0. The van der Waals surface area contributed by atoms with Gasteiger partial charge in [0.2, 0.25) is 6.10 Å². The number of phenolic OH excluding ortho intramolecular Hbond substituents is 2. The van der Waals surface area contributed by atoms with Crippen molar-refractivity contribution >= 4 is 12.1 Å². The van der Waals surface area contributed by atoms with Gasteiger partial charge in [-0.2, -0.15) is 5.10 Å². The van der Waals surface area contributed by atoms with Crippen LogP contribution in [0.5, 0.6) is 23.0 Å². The number of phenols is 2. The fourth-order valence-electron chi connectivity index (χ4n) is 2.01. The first-order chi connectivity index (χ1) is 11.1. The van der Waals surface area contributed by atoms with Crippen molar-refractivity contribution < 1.29 is 24.5 Å². The first-order valence-corrected chi connectivity index (χ1v) is 6.87. The number of hydrazone groups is 1. The van der Waals surface area contributed by atoms with Gasteiger partial charge in [0, 0.05) is 0 Å². The summed E-state index contributed by atoms with van der Waals surface area (Å²) >= 11 is 0. The average Bonchev–Trinajstić information content (AvgIpc) is 2.57. The molecule has 1 amide bonds. The van der Waals surface area contributed by atoms with E-state index in [4.69, 9.17) is 9.47 Å². The third-order valence-electron chi connectivity index (χ3n) is 3.19. The molecule has 2 aromatic carbocycles. The number of nitrogens with zero attached hydrogens (tertiary/aromatic N) is 1. The quantitative estimate of drug-likeness (QED) is 0.451. The highest BCUT2D eigenvalue weighted by Crippen LogP contribution is 2.30. The molecule has 0 bridgehead atoms. The maximum Gasteiger partial charge on any atom is 0.284 e. The number of amides is 1. The van der Waals surface area contributed by atoms with Gasteiger partial charge >= 0.3 is 0 Å². The van der Waals surface area contributed by atoms with Gasteiger partial charge in [-0.05, 0) is 35.9 Å². The minimum Gasteiger partial charge on any atom is -0.504 e. The SMILES string of the molecule is O=C(NN=Cc1ccc(O)c(O)c1)C1COc2ccccc2O1. The minimum atomic E-state index is -0.796. The van der Waals surface area contributed by atoms with Gasteiger partial charge in [0.05, 0.1) is 6.21 Å². The lowest BCUT2D eigenvalue weighted by atomic mass is 10.2. The normalized spacial score (nSPS) is 16.3. The van der Waals surface area contributed by atoms with Gasteiger partial charge in [0.15, 0.2) is 23.0 Å². The maximum absolute atomic E-state index is 12.0. The molecule has 1 aliphatic heterocycles. The van der Waals surface area contributed by atoms with Crippen molar-refractivity contribution in [2.75, 3.05) is 6.61 Å². The zero-order chi connectivity index (χ0) is 16.2. The lowest BCUT2D eigenvalue weighted by Crippen LogP contribution is -2.42. The van der Waals surface area contributed by atoms with Crippen molar-refractivity contribution in [2.24, 2.45) is 5.10 Å². The molecule has 1 aliphatic rings. The molecule has 118 valence electrons. The summed E-state index contributed by atoms with van der Waals surface area (Å²) in [6.07, 6.45) is 0.546. The molecular formula is C16H14N2O5. The summed E-state index contributed by atoms with van der Waals surface area (Å²) in [5.41, 5.74) is 2.87. The number of para-hydroxylation sites is 2. The van der Waals surface area contributed by atoms with Crippen molar-refractivity contribution in [3.05, 3.63) is 48.0 Å². The molecule has 0 fully saturated rings. The van der Waals surface area contributed by atoms with Crippen LogP contribution in [0.1, 0.15) is 5.56 Å². The van der Waals surface area contributed by atoms with Crippen LogP contribution in [-0.4, -0.2) is 35.0 Å². The van der Waals surface area contributed by atoms with E-state index in [9.17, 15) is 15.0 Å². The van der Waals surface area contributed by atoms with Crippen LogP contribution in [-0.2, 0) is 4.79 Å². The van der Waals surface area contributed by atoms with E-state index in [0.29, 0.717) is 17.1 Å². The highest BCUT2D eigenvalue weighted by atomic mass is 16.6. The molecule has 0 aliphatic carbocycles. The smallest absolute Gasteiger partial charge is 0.284 e. The van der Waals surface area contributed by atoms with Crippen LogP contribution >= 0.6 is 0 Å². The van der Waals surface area contributed by atoms with Crippen molar-refractivity contribution in [2.45, 2.75) is 6.10 Å². The fourth-order valence-corrected chi connectivity index (χ4v) is 2.01. The highest BCUT2D eigenvalue weighted by molar-refractivity contribution is 5.85. The Hall–Kier alpha value is -3.22. The van der Waals surface area contributed by atoms with Gasteiger partial charge in [0.1, 0.15) is 6.61 Å². The molecule has 0 spiro atoms. The van der Waals surface area contributed by atoms with Crippen LogP contribution in [0.3, 0.4) is 0 Å². The second-order valence-corrected chi connectivity index (χ2v) is 4.85. The number of ether oxygens (including phenoxy) is 2. The molecule has 0 saturated heterocycles. The molecule has 2 aromatic rings. The number of rotatable bonds is 3. The molecule has 1 unspecified atom stereocenters. The molecule has 7 heteroatoms. The highest BCUT2D eigenvalue weighted by Gasteiger charge is 2.26. The molecule has 1 atom stereocenters. The molecule has 7 nitrogen and oxygen atoms in total. The largest absolute Gasteiger partial charge is 0.504 e. The molecular weight excluding hydrogens is 300 g/mol. The molecule has 23 heavy (non-hydrogen) atoms. The summed E-state index contributed by atoms with van der Waals surface area (Å²) < 4.78 is 11.0. The van der Waals surface area contributed by atoms with E-state index in [1.807, 2.05) is 6.07 Å². The van der Waals surface area contributed by atoms with E-state index in [2.05, 4.69) is 10.5 Å². The lowest BCUT2D eigenvalue weighted by Gasteiger charge is -2.24. The van der Waals surface area contributed by atoms with Gasteiger partial charge in [-0.15, -0.1) is 0 Å². The van der Waals surface area contributed by atoms with Gasteiger partial charge < -0.3 is 19.7 Å². The van der Waals surface area contributed by atoms with E-state index < -0.39 is 12.0 Å². The van der Waals surface area contributed by atoms with Crippen LogP contribution in [0, 0.1) is 0 Å². The third-order valence-corrected chi connectivity index (χ3v) is 3.19. The second kappa shape index (κ2) is 6.27. The summed E-state index contributed by atoms with van der Waals surface area (Å²) in [6.45, 7) is 0.0956. The van der Waals surface area contributed by atoms with Crippen LogP contribution in [0.4, 0.5) is 0 Å². The van der Waals surface area contributed by atoms with E-state index >= 15 is 0 Å². The number of aromatic hydroxyl groups is 2. The number of carbonyl (C=O) groups is 1. The predicted octanol–water partition coefficient (Wildman–Crippen LogP) is 1.39. The summed E-state index contributed by atoms with van der Waals surface area (Å²) in [7, 11) is 0. The Kier molecular flexibility index (Phi) is 4.01. The Morgan fingerprint density at radius 1 is 1.17 bits per heavy atom. The Bertz CT molecular complexity index is 760. The van der Waals surface area contributed by atoms with Crippen LogP contribution < -0.4 is 14.9 Å². The lowest BCUT2D eigenvalue weighted by molar-refractivity contribution is -0.130. The Morgan fingerprint density at radius 2 is 1.96 bits per heavy atom. The molecule has 1 heterocycles. The zero-order valence-corrected chi connectivity index (χ0v) is 12.0. The van der Waals surface area contributed by atoms with E-state index in [0.717, 1.165) is 0 Å². The van der Waals surface area contributed by atoms with Gasteiger partial charge in [-0.1, -0.05) is 12.1 Å². The van der Waals surface area contributed by atoms with Crippen LogP contribution in [0.2, 0.25) is 0 Å². The van der Waals surface area contributed by atoms with E-state index in [1.54, 1.807) is 24.3 Å². The third kappa shape index (κ3) is 3.34. The Labute approximate surface area is 131 Å². The van der Waals surface area contributed by atoms with Gasteiger partial charge in [-0.3, -0.25) is 4.79 Å². The Balaban J connectivity index is 1.59. The predicted molar refractivity (Wildman–Crippen MR) is 81.9 cm³/mol. The minimum absolute atomic E-state index is 0.0956. The summed E-state index contributed by atoms with van der Waals surface area (Å²) in [5.74, 6) is 0.170. The summed E-state index contributed by atoms with van der Waals surface area (Å²) in [5, 5.41) is 22.4. The Morgan fingerprint density at radius 3 is 2.74 bits per heavy atom. The molecule has 3 N–H and O–H groups in total. The fraction of sp³-hybridized carbons (Fsp3) is 0.125. The molecule has 0 saturated carbocycles. The van der Waals surface area contributed by atoms with Crippen molar-refractivity contribution in [3.63, 3.8) is 0 Å². The van der Waals surface area contributed by atoms with Crippen molar-refractivity contribution in [1.29, 1.82) is 0 Å². The number of fused-ring (bicyclic) bond motifs is 1. The standard InChI is InChI=1S/C16H14N2O5/c19-11-6-5-10(7-12(11)20)8-17-18-16(21)15-9-22-13-3-1-2-4-14(13)23-15/h1-8,15,19-20H,9H2,(H,18,21). The first kappa shape index (κ1) is 14.7. The zero-order valence-electron chi connectivity index (χ0n) is 12.0. The van der Waals surface area contributed by atoms with E-state index in [1.165, 1.54) is 18.3 Å². The first-order valence-electron chi connectivity index (χ1n) is 6.87. The molecule has 0 radical (unpaired) electrons. The van der Waals surface area contributed by atoms with Crippen LogP contribution in [0.25, 0.3) is 0 Å². The summed E-state index contributed by atoms with van der Waals surface area (Å²) in [6, 6.07) is 11.3. The van der Waals surface area contributed by atoms with E-state index in [-0.39, 0.29) is 18.1 Å². The number of nitrogens with one attached hydrogen (secondary N) is 1. The van der Waals surface area contributed by atoms with Crippen LogP contribution in [0.15, 0.2) is 47.6 Å². The number of hydrogen-bond donors (Lipinski definition) is 3. The van der Waals surface area contributed by atoms with Gasteiger partial charge in [0.25, 0.3) is 5.91 Å². The molecule has 0 aromatic heterocycles. The number of carbonyl (C=O) groups excluding carboxylic acids is 1. The van der Waals surface area contributed by atoms with Crippen molar-refractivity contribution in [1.82, 2.24) is 5.43 Å². The molecule has 3 rings (SSSR count). The number of hydrogen-bond acceptors (Lipinski definition) is 6. The monoisotopic (exact) mass is 314 g/mol. The topological polar surface area (TPSA) is 100 Å².